The Hall–Kier alpha value is -2.13. The molecule has 1 atom stereocenters. The summed E-state index contributed by atoms with van der Waals surface area (Å²) in [5.74, 6) is -1.02. The van der Waals surface area contributed by atoms with Gasteiger partial charge >= 0.3 is 6.18 Å². The van der Waals surface area contributed by atoms with Crippen LogP contribution in [0.4, 0.5) is 13.2 Å². The zero-order valence-electron chi connectivity index (χ0n) is 16.3. The summed E-state index contributed by atoms with van der Waals surface area (Å²) in [6.45, 7) is 0.597. The van der Waals surface area contributed by atoms with Crippen LogP contribution in [0.15, 0.2) is 24.3 Å². The molecule has 0 bridgehead atoms. The van der Waals surface area contributed by atoms with Crippen molar-refractivity contribution in [3.8, 4) is 0 Å². The lowest BCUT2D eigenvalue weighted by Crippen LogP contribution is -2.56. The second-order valence-corrected chi connectivity index (χ2v) is 7.37. The monoisotopic (exact) mass is 414 g/mol. The van der Waals surface area contributed by atoms with Gasteiger partial charge in [0.05, 0.1) is 18.8 Å². The largest absolute Gasteiger partial charge is 0.416 e. The minimum absolute atomic E-state index is 0.0174. The van der Waals surface area contributed by atoms with Crippen molar-refractivity contribution in [2.45, 2.75) is 50.0 Å². The number of hydrogen-bond donors (Lipinski definition) is 1. The van der Waals surface area contributed by atoms with Crippen molar-refractivity contribution in [1.29, 1.82) is 0 Å². The van der Waals surface area contributed by atoms with E-state index in [4.69, 9.17) is 9.47 Å². The Kier molecular flexibility index (Phi) is 6.48. The fraction of sp³-hybridized carbons (Fsp3) is 0.600. The van der Waals surface area contributed by atoms with Crippen molar-refractivity contribution in [1.82, 2.24) is 10.2 Å². The Morgan fingerprint density at radius 1 is 1.28 bits per heavy atom. The van der Waals surface area contributed by atoms with Crippen LogP contribution in [0.2, 0.25) is 0 Å². The molecule has 9 heteroatoms. The van der Waals surface area contributed by atoms with Gasteiger partial charge in [0.1, 0.15) is 11.8 Å². The summed E-state index contributed by atoms with van der Waals surface area (Å²) < 4.78 is 50.2. The van der Waals surface area contributed by atoms with E-state index in [0.29, 0.717) is 19.4 Å². The third kappa shape index (κ3) is 4.56. The van der Waals surface area contributed by atoms with E-state index >= 15 is 0 Å². The minimum atomic E-state index is -4.56. The van der Waals surface area contributed by atoms with Crippen molar-refractivity contribution in [3.05, 3.63) is 35.4 Å². The van der Waals surface area contributed by atoms with Crippen LogP contribution < -0.4 is 5.32 Å². The Labute approximate surface area is 167 Å². The molecular weight excluding hydrogens is 389 g/mol. The standard InChI is InChI=1S/C20H25F3N2O4/c1-28-11-10-24-17(26)16-13-29-19(8-3-2-4-9-19)25(16)18(27)14-6-5-7-15(12-14)20(21,22)23/h5-7,12,16H,2-4,8-11,13H2,1H3,(H,24,26)/t16-/m1/s1. The van der Waals surface area contributed by atoms with E-state index < -0.39 is 35.3 Å². The van der Waals surface area contributed by atoms with E-state index in [0.717, 1.165) is 31.4 Å². The summed E-state index contributed by atoms with van der Waals surface area (Å²) in [6, 6.07) is 3.40. The molecule has 2 fully saturated rings. The molecule has 29 heavy (non-hydrogen) atoms. The first kappa shape index (κ1) is 21.6. The maximum absolute atomic E-state index is 13.3. The number of methoxy groups -OCH3 is 1. The van der Waals surface area contributed by atoms with Gasteiger partial charge in [-0.15, -0.1) is 0 Å². The van der Waals surface area contributed by atoms with Crippen LogP contribution in [-0.2, 0) is 20.4 Å². The molecule has 0 aromatic heterocycles. The van der Waals surface area contributed by atoms with Gasteiger partial charge in [-0.05, 0) is 43.9 Å². The third-order valence-electron chi connectivity index (χ3n) is 5.46. The molecule has 3 rings (SSSR count). The van der Waals surface area contributed by atoms with Crippen LogP contribution in [0, 0.1) is 0 Å². The first-order valence-electron chi connectivity index (χ1n) is 9.70. The number of ether oxygens (including phenoxy) is 2. The van der Waals surface area contributed by atoms with Crippen molar-refractivity contribution in [3.63, 3.8) is 0 Å². The van der Waals surface area contributed by atoms with Crippen LogP contribution >= 0.6 is 0 Å². The van der Waals surface area contributed by atoms with Gasteiger partial charge in [0.25, 0.3) is 5.91 Å². The zero-order chi connectivity index (χ0) is 21.1. The van der Waals surface area contributed by atoms with Crippen LogP contribution in [0.5, 0.6) is 0 Å². The maximum atomic E-state index is 13.3. The van der Waals surface area contributed by atoms with Gasteiger partial charge in [-0.25, -0.2) is 0 Å². The SMILES string of the molecule is COCCNC(=O)[C@H]1COC2(CCCCC2)N1C(=O)c1cccc(C(F)(F)F)c1. The quantitative estimate of drug-likeness (QED) is 0.753. The average Bonchev–Trinajstić information content (AvgIpc) is 3.06. The molecule has 2 amide bonds. The lowest BCUT2D eigenvalue weighted by Gasteiger charge is -2.41. The number of carbonyl (C=O) groups is 2. The fourth-order valence-electron chi connectivity index (χ4n) is 4.03. The first-order chi connectivity index (χ1) is 13.8. The maximum Gasteiger partial charge on any atom is 0.416 e. The molecule has 2 aliphatic rings. The van der Waals surface area contributed by atoms with E-state index in [1.54, 1.807) is 0 Å². The second-order valence-electron chi connectivity index (χ2n) is 7.37. The summed E-state index contributed by atoms with van der Waals surface area (Å²) in [5.41, 5.74) is -1.96. The highest BCUT2D eigenvalue weighted by Crippen LogP contribution is 2.41. The fourth-order valence-corrected chi connectivity index (χ4v) is 4.03. The van der Waals surface area contributed by atoms with Crippen LogP contribution in [-0.4, -0.2) is 55.3 Å². The Bertz CT molecular complexity index is 747. The van der Waals surface area contributed by atoms with Crippen LogP contribution in [0.1, 0.15) is 48.0 Å². The Morgan fingerprint density at radius 3 is 2.66 bits per heavy atom. The summed E-state index contributed by atoms with van der Waals surface area (Å²) in [6.07, 6.45) is -0.813. The molecule has 6 nitrogen and oxygen atoms in total. The van der Waals surface area contributed by atoms with Gasteiger partial charge in [-0.3, -0.25) is 14.5 Å². The zero-order valence-corrected chi connectivity index (χ0v) is 16.3. The second kappa shape index (κ2) is 8.71. The van der Waals surface area contributed by atoms with Gasteiger partial charge in [0.2, 0.25) is 5.91 Å². The van der Waals surface area contributed by atoms with Crippen molar-refractivity contribution >= 4 is 11.8 Å². The molecule has 1 saturated heterocycles. The number of nitrogens with zero attached hydrogens (tertiary/aromatic N) is 1. The summed E-state index contributed by atoms with van der Waals surface area (Å²) >= 11 is 0. The van der Waals surface area contributed by atoms with Crippen LogP contribution in [0.25, 0.3) is 0 Å². The van der Waals surface area contributed by atoms with E-state index in [1.165, 1.54) is 24.1 Å². The predicted octanol–water partition coefficient (Wildman–Crippen LogP) is 2.97. The first-order valence-corrected chi connectivity index (χ1v) is 9.70. The van der Waals surface area contributed by atoms with Gasteiger partial charge < -0.3 is 14.8 Å². The molecule has 1 aliphatic carbocycles. The summed E-state index contributed by atoms with van der Waals surface area (Å²) in [7, 11) is 1.51. The Morgan fingerprint density at radius 2 is 2.00 bits per heavy atom. The number of halogens is 3. The van der Waals surface area contributed by atoms with E-state index in [9.17, 15) is 22.8 Å². The topological polar surface area (TPSA) is 67.9 Å². The van der Waals surface area contributed by atoms with Gasteiger partial charge in [0, 0.05) is 19.2 Å². The summed E-state index contributed by atoms with van der Waals surface area (Å²) in [4.78, 5) is 27.4. The average molecular weight is 414 g/mol. The molecule has 0 radical (unpaired) electrons. The normalized spacial score (nSPS) is 21.4. The highest BCUT2D eigenvalue weighted by Gasteiger charge is 2.53. The third-order valence-corrected chi connectivity index (χ3v) is 5.46. The van der Waals surface area contributed by atoms with Gasteiger partial charge in [0.15, 0.2) is 0 Å². The lowest BCUT2D eigenvalue weighted by molar-refractivity contribution is -0.137. The molecule has 0 unspecified atom stereocenters. The number of amides is 2. The molecular formula is C20H25F3N2O4. The number of alkyl halides is 3. The molecule has 1 saturated carbocycles. The van der Waals surface area contributed by atoms with Gasteiger partial charge in [-0.2, -0.15) is 13.2 Å². The number of hydrogen-bond acceptors (Lipinski definition) is 4. The number of benzene rings is 1. The van der Waals surface area contributed by atoms with E-state index in [-0.39, 0.29) is 18.7 Å². The molecule has 160 valence electrons. The molecule has 1 aliphatic heterocycles. The predicted molar refractivity (Wildman–Crippen MR) is 98.1 cm³/mol. The molecule has 1 aromatic rings. The number of carbonyl (C=O) groups excluding carboxylic acids is 2. The lowest BCUT2D eigenvalue weighted by atomic mass is 9.89. The minimum Gasteiger partial charge on any atom is -0.383 e. The summed E-state index contributed by atoms with van der Waals surface area (Å²) in [5, 5.41) is 2.70. The van der Waals surface area contributed by atoms with Gasteiger partial charge in [-0.1, -0.05) is 12.5 Å². The molecule has 1 spiro atoms. The Balaban J connectivity index is 1.91. The highest BCUT2D eigenvalue weighted by molar-refractivity contribution is 5.98. The molecule has 1 N–H and O–H groups in total. The van der Waals surface area contributed by atoms with E-state index in [1.807, 2.05) is 0 Å². The molecule has 1 aromatic carbocycles. The van der Waals surface area contributed by atoms with Crippen molar-refractivity contribution in [2.75, 3.05) is 26.9 Å². The van der Waals surface area contributed by atoms with Crippen molar-refractivity contribution < 1.29 is 32.2 Å². The highest BCUT2D eigenvalue weighted by atomic mass is 19.4. The van der Waals surface area contributed by atoms with Crippen LogP contribution in [0.3, 0.4) is 0 Å². The molecule has 1 heterocycles. The van der Waals surface area contributed by atoms with E-state index in [2.05, 4.69) is 5.32 Å². The number of rotatable bonds is 5. The van der Waals surface area contributed by atoms with Crippen molar-refractivity contribution in [2.24, 2.45) is 0 Å². The smallest absolute Gasteiger partial charge is 0.383 e. The number of nitrogens with one attached hydrogen (secondary N) is 1.